The third-order valence-electron chi connectivity index (χ3n) is 3.55. The van der Waals surface area contributed by atoms with Crippen molar-refractivity contribution >= 4 is 10.2 Å². The lowest BCUT2D eigenvalue weighted by atomic mass is 9.94. The van der Waals surface area contributed by atoms with Crippen molar-refractivity contribution in [1.82, 2.24) is 13.9 Å². The van der Waals surface area contributed by atoms with Crippen LogP contribution in [0.2, 0.25) is 0 Å². The molecule has 108 valence electrons. The fourth-order valence-corrected chi connectivity index (χ4v) is 3.35. The predicted octanol–water partition coefficient (Wildman–Crippen LogP) is 1.04. The minimum absolute atomic E-state index is 0.214. The molecule has 1 aliphatic rings. The highest BCUT2D eigenvalue weighted by molar-refractivity contribution is 7.86. The van der Waals surface area contributed by atoms with Gasteiger partial charge in [0, 0.05) is 32.7 Å². The smallest absolute Gasteiger partial charge is 0.281 e. The molecule has 0 saturated heterocycles. The van der Waals surface area contributed by atoms with E-state index in [2.05, 4.69) is 19.2 Å². The van der Waals surface area contributed by atoms with Crippen molar-refractivity contribution in [2.24, 2.45) is 0 Å². The second-order valence-electron chi connectivity index (χ2n) is 5.39. The first-order valence-corrected chi connectivity index (χ1v) is 8.18. The van der Waals surface area contributed by atoms with Crippen LogP contribution in [0.1, 0.15) is 39.5 Å². The van der Waals surface area contributed by atoms with E-state index < -0.39 is 10.2 Å². The number of hydrogen-bond donors (Lipinski definition) is 1. The van der Waals surface area contributed by atoms with E-state index >= 15 is 0 Å². The molecule has 6 heteroatoms. The molecule has 0 radical (unpaired) electrons. The largest absolute Gasteiger partial charge is 0.314 e. The van der Waals surface area contributed by atoms with Crippen LogP contribution in [0.4, 0.5) is 0 Å². The van der Waals surface area contributed by atoms with Crippen LogP contribution in [0.3, 0.4) is 0 Å². The maximum Gasteiger partial charge on any atom is 0.281 e. The summed E-state index contributed by atoms with van der Waals surface area (Å²) in [6.45, 7) is 5.60. The fourth-order valence-electron chi connectivity index (χ4n) is 1.97. The summed E-state index contributed by atoms with van der Waals surface area (Å²) in [5.41, 5.74) is 0. The van der Waals surface area contributed by atoms with Crippen LogP contribution in [0.5, 0.6) is 0 Å². The molecule has 1 aliphatic carbocycles. The van der Waals surface area contributed by atoms with Crippen LogP contribution in [0.15, 0.2) is 0 Å². The molecule has 1 fully saturated rings. The van der Waals surface area contributed by atoms with Crippen LogP contribution in [-0.2, 0) is 10.2 Å². The van der Waals surface area contributed by atoms with E-state index in [0.29, 0.717) is 12.6 Å². The Morgan fingerprint density at radius 3 is 2.33 bits per heavy atom. The predicted molar refractivity (Wildman–Crippen MR) is 74.7 cm³/mol. The molecule has 1 rings (SSSR count). The van der Waals surface area contributed by atoms with Crippen molar-refractivity contribution < 1.29 is 8.42 Å². The molecule has 0 heterocycles. The van der Waals surface area contributed by atoms with Gasteiger partial charge in [0.25, 0.3) is 10.2 Å². The quantitative estimate of drug-likeness (QED) is 0.674. The first-order chi connectivity index (χ1) is 8.35. The first-order valence-electron chi connectivity index (χ1n) is 6.78. The number of nitrogens with one attached hydrogen (secondary N) is 1. The van der Waals surface area contributed by atoms with Crippen LogP contribution in [0.25, 0.3) is 0 Å². The molecular weight excluding hydrogens is 250 g/mol. The van der Waals surface area contributed by atoms with Crippen molar-refractivity contribution in [3.05, 3.63) is 0 Å². The number of nitrogens with zero attached hydrogens (tertiary/aromatic N) is 2. The van der Waals surface area contributed by atoms with Crippen LogP contribution >= 0.6 is 0 Å². The normalized spacial score (nSPS) is 17.7. The van der Waals surface area contributed by atoms with E-state index in [1.54, 1.807) is 14.1 Å². The summed E-state index contributed by atoms with van der Waals surface area (Å²) in [7, 11) is 0.102. The van der Waals surface area contributed by atoms with Gasteiger partial charge >= 0.3 is 0 Å². The van der Waals surface area contributed by atoms with Gasteiger partial charge in [-0.3, -0.25) is 0 Å². The summed E-state index contributed by atoms with van der Waals surface area (Å²) >= 11 is 0. The van der Waals surface area contributed by atoms with Gasteiger partial charge in [-0.1, -0.05) is 20.3 Å². The molecule has 0 atom stereocenters. The molecule has 0 bridgehead atoms. The Morgan fingerprint density at radius 1 is 1.28 bits per heavy atom. The zero-order valence-electron chi connectivity index (χ0n) is 12.0. The van der Waals surface area contributed by atoms with Gasteiger partial charge in [0.15, 0.2) is 0 Å². The van der Waals surface area contributed by atoms with Gasteiger partial charge in [0.05, 0.1) is 0 Å². The maximum atomic E-state index is 12.2. The van der Waals surface area contributed by atoms with Crippen molar-refractivity contribution in [3.8, 4) is 0 Å². The monoisotopic (exact) mass is 277 g/mol. The third-order valence-corrected chi connectivity index (χ3v) is 5.55. The Bertz CT molecular complexity index is 339. The van der Waals surface area contributed by atoms with Gasteiger partial charge in [-0.2, -0.15) is 17.0 Å². The molecular formula is C12H27N3O2S. The molecule has 0 unspecified atom stereocenters. The van der Waals surface area contributed by atoms with Crippen LogP contribution in [-0.4, -0.2) is 56.3 Å². The Kier molecular flexibility index (Phi) is 6.04. The topological polar surface area (TPSA) is 52.7 Å². The SMILES string of the molecule is CC(C)NCCCN(C)S(=O)(=O)N(C)C1CCC1. The Hall–Kier alpha value is -0.170. The second kappa shape index (κ2) is 6.84. The van der Waals surface area contributed by atoms with Crippen molar-refractivity contribution in [2.75, 3.05) is 27.2 Å². The first kappa shape index (κ1) is 15.9. The molecule has 18 heavy (non-hydrogen) atoms. The standard InChI is InChI=1S/C12H27N3O2S/c1-11(2)13-9-6-10-14(3)18(16,17)15(4)12-7-5-8-12/h11-13H,5-10H2,1-4H3. The lowest BCUT2D eigenvalue weighted by Gasteiger charge is -2.36. The molecule has 0 amide bonds. The summed E-state index contributed by atoms with van der Waals surface area (Å²) in [5.74, 6) is 0. The van der Waals surface area contributed by atoms with Crippen LogP contribution in [0, 0.1) is 0 Å². The van der Waals surface area contributed by atoms with Gasteiger partial charge < -0.3 is 5.32 Å². The summed E-state index contributed by atoms with van der Waals surface area (Å²) in [6.07, 6.45) is 3.98. The highest BCUT2D eigenvalue weighted by atomic mass is 32.2. The van der Waals surface area contributed by atoms with Crippen molar-refractivity contribution in [1.29, 1.82) is 0 Å². The minimum atomic E-state index is -3.26. The lowest BCUT2D eigenvalue weighted by Crippen LogP contribution is -2.48. The molecule has 0 aromatic heterocycles. The molecule has 0 aromatic rings. The maximum absolute atomic E-state index is 12.2. The highest BCUT2D eigenvalue weighted by Gasteiger charge is 2.32. The highest BCUT2D eigenvalue weighted by Crippen LogP contribution is 2.26. The molecule has 0 aliphatic heterocycles. The van der Waals surface area contributed by atoms with Crippen LogP contribution < -0.4 is 5.32 Å². The summed E-state index contributed by atoms with van der Waals surface area (Å²) in [5, 5.41) is 3.29. The average molecular weight is 277 g/mol. The summed E-state index contributed by atoms with van der Waals surface area (Å²) in [4.78, 5) is 0. The average Bonchev–Trinajstić information content (AvgIpc) is 2.21. The zero-order valence-corrected chi connectivity index (χ0v) is 12.8. The van der Waals surface area contributed by atoms with E-state index in [-0.39, 0.29) is 6.04 Å². The zero-order chi connectivity index (χ0) is 13.8. The van der Waals surface area contributed by atoms with Gasteiger partial charge in [-0.05, 0) is 25.8 Å². The van der Waals surface area contributed by atoms with E-state index in [1.807, 2.05) is 0 Å². The van der Waals surface area contributed by atoms with E-state index in [9.17, 15) is 8.42 Å². The van der Waals surface area contributed by atoms with Gasteiger partial charge in [0.2, 0.25) is 0 Å². The molecule has 1 saturated carbocycles. The van der Waals surface area contributed by atoms with Crippen molar-refractivity contribution in [2.45, 2.75) is 51.6 Å². The third kappa shape index (κ3) is 4.19. The Balaban J connectivity index is 2.36. The molecule has 5 nitrogen and oxygen atoms in total. The Morgan fingerprint density at radius 2 is 1.89 bits per heavy atom. The molecule has 0 aromatic carbocycles. The fraction of sp³-hybridized carbons (Fsp3) is 1.00. The van der Waals surface area contributed by atoms with E-state index in [0.717, 1.165) is 32.2 Å². The number of hydrogen-bond acceptors (Lipinski definition) is 3. The van der Waals surface area contributed by atoms with Gasteiger partial charge in [0.1, 0.15) is 0 Å². The van der Waals surface area contributed by atoms with E-state index in [4.69, 9.17) is 0 Å². The van der Waals surface area contributed by atoms with Crippen molar-refractivity contribution in [3.63, 3.8) is 0 Å². The van der Waals surface area contributed by atoms with Gasteiger partial charge in [-0.25, -0.2) is 0 Å². The second-order valence-corrected chi connectivity index (χ2v) is 7.49. The molecule has 1 N–H and O–H groups in total. The minimum Gasteiger partial charge on any atom is -0.314 e. The lowest BCUT2D eigenvalue weighted by molar-refractivity contribution is 0.235. The van der Waals surface area contributed by atoms with E-state index in [1.165, 1.54) is 8.61 Å². The summed E-state index contributed by atoms with van der Waals surface area (Å²) in [6, 6.07) is 0.663. The Labute approximate surface area is 112 Å². The molecule has 0 spiro atoms. The number of rotatable bonds is 8. The summed E-state index contributed by atoms with van der Waals surface area (Å²) < 4.78 is 27.4. The van der Waals surface area contributed by atoms with Gasteiger partial charge in [-0.15, -0.1) is 0 Å².